The third kappa shape index (κ3) is 3.39. The number of carboxylic acid groups (broad SMARTS) is 2. The maximum Gasteiger partial charge on any atom is 0.342 e. The molecule has 0 saturated heterocycles. The van der Waals surface area contributed by atoms with E-state index in [4.69, 9.17) is 10.5 Å². The summed E-state index contributed by atoms with van der Waals surface area (Å²) in [5, 5.41) is 28.9. The molecule has 25 heavy (non-hydrogen) atoms. The molecule has 6 N–H and O–H groups in total. The summed E-state index contributed by atoms with van der Waals surface area (Å²) in [7, 11) is 0. The van der Waals surface area contributed by atoms with Gasteiger partial charge in [-0.25, -0.2) is 9.59 Å². The largest absolute Gasteiger partial charge is 0.507 e. The van der Waals surface area contributed by atoms with E-state index in [1.807, 2.05) is 4.98 Å². The number of phenolic OH excluding ortho intramolecular Hbond substituents is 1. The Morgan fingerprint density at radius 1 is 1.16 bits per heavy atom. The van der Waals surface area contributed by atoms with Crippen molar-refractivity contribution in [3.63, 3.8) is 0 Å². The topological polar surface area (TPSA) is 163 Å². The van der Waals surface area contributed by atoms with Gasteiger partial charge in [0.1, 0.15) is 28.4 Å². The molecule has 2 aromatic rings. The standard InChI is InChI=1S/C16H16N2O7/c1-6(2)25-7-3-4-8(9(19)5-7)10-11(15(21)22)13(17)18-14(20)12(10)16(23)24/h3-6,19H,1-2H3,(H,21,22)(H,23,24)(H3,17,18,20). The number of nitrogens with one attached hydrogen (secondary N) is 1. The van der Waals surface area contributed by atoms with E-state index in [1.165, 1.54) is 18.2 Å². The van der Waals surface area contributed by atoms with Gasteiger partial charge in [-0.1, -0.05) is 0 Å². The second-order valence-electron chi connectivity index (χ2n) is 5.45. The Balaban J connectivity index is 2.84. The van der Waals surface area contributed by atoms with E-state index in [-0.39, 0.29) is 11.7 Å². The van der Waals surface area contributed by atoms with Gasteiger partial charge >= 0.3 is 11.9 Å². The number of H-pyrrole nitrogens is 1. The summed E-state index contributed by atoms with van der Waals surface area (Å²) >= 11 is 0. The van der Waals surface area contributed by atoms with Crippen molar-refractivity contribution < 1.29 is 29.6 Å². The second kappa shape index (κ2) is 6.56. The number of aromatic hydroxyl groups is 1. The Morgan fingerprint density at radius 3 is 2.24 bits per heavy atom. The lowest BCUT2D eigenvalue weighted by Crippen LogP contribution is -2.24. The molecule has 0 radical (unpaired) electrons. The monoisotopic (exact) mass is 348 g/mol. The van der Waals surface area contributed by atoms with Crippen LogP contribution in [0.4, 0.5) is 5.82 Å². The molecule has 2 rings (SSSR count). The van der Waals surface area contributed by atoms with Gasteiger partial charge in [0.05, 0.1) is 6.10 Å². The molecule has 0 aliphatic rings. The fourth-order valence-corrected chi connectivity index (χ4v) is 2.38. The SMILES string of the molecule is CC(C)Oc1ccc(-c2c(C(=O)O)c(N)[nH]c(=O)c2C(=O)O)c(O)c1. The van der Waals surface area contributed by atoms with Gasteiger partial charge in [0.2, 0.25) is 0 Å². The summed E-state index contributed by atoms with van der Waals surface area (Å²) in [5.41, 5.74) is 2.37. The zero-order valence-electron chi connectivity index (χ0n) is 13.4. The van der Waals surface area contributed by atoms with Gasteiger partial charge in [-0.05, 0) is 26.0 Å². The van der Waals surface area contributed by atoms with Crippen LogP contribution in [-0.4, -0.2) is 38.3 Å². The molecule has 0 spiro atoms. The smallest absolute Gasteiger partial charge is 0.342 e. The summed E-state index contributed by atoms with van der Waals surface area (Å²) in [5.74, 6) is -3.87. The average Bonchev–Trinajstić information content (AvgIpc) is 2.44. The Hall–Kier alpha value is -3.49. The zero-order chi connectivity index (χ0) is 18.9. The molecule has 9 nitrogen and oxygen atoms in total. The number of carbonyl (C=O) groups is 2. The molecule has 1 aromatic heterocycles. The number of anilines is 1. The molecular weight excluding hydrogens is 332 g/mol. The van der Waals surface area contributed by atoms with Crippen molar-refractivity contribution in [1.29, 1.82) is 0 Å². The number of phenols is 1. The minimum Gasteiger partial charge on any atom is -0.507 e. The molecule has 0 aliphatic heterocycles. The van der Waals surface area contributed by atoms with Gasteiger partial charge in [0, 0.05) is 17.2 Å². The Kier molecular flexibility index (Phi) is 4.68. The Bertz CT molecular complexity index is 915. The fraction of sp³-hybridized carbons (Fsp3) is 0.188. The van der Waals surface area contributed by atoms with E-state index in [2.05, 4.69) is 0 Å². The van der Waals surface area contributed by atoms with Crippen LogP contribution in [0.25, 0.3) is 11.1 Å². The van der Waals surface area contributed by atoms with E-state index < -0.39 is 45.8 Å². The van der Waals surface area contributed by atoms with E-state index in [1.54, 1.807) is 13.8 Å². The number of aromatic nitrogens is 1. The van der Waals surface area contributed by atoms with E-state index in [9.17, 15) is 29.7 Å². The van der Waals surface area contributed by atoms with Crippen LogP contribution in [0.1, 0.15) is 34.6 Å². The maximum atomic E-state index is 12.0. The normalized spacial score (nSPS) is 10.7. The Labute approximate surface area is 141 Å². The van der Waals surface area contributed by atoms with Gasteiger partial charge in [-0.3, -0.25) is 4.79 Å². The maximum absolute atomic E-state index is 12.0. The highest BCUT2D eigenvalue weighted by atomic mass is 16.5. The summed E-state index contributed by atoms with van der Waals surface area (Å²) in [6, 6.07) is 3.88. The summed E-state index contributed by atoms with van der Waals surface area (Å²) in [6.07, 6.45) is -0.176. The third-order valence-electron chi connectivity index (χ3n) is 3.28. The first-order chi connectivity index (χ1) is 11.6. The van der Waals surface area contributed by atoms with Gasteiger partial charge in [-0.15, -0.1) is 0 Å². The van der Waals surface area contributed by atoms with Crippen LogP contribution in [0.2, 0.25) is 0 Å². The van der Waals surface area contributed by atoms with Crippen molar-refractivity contribution in [2.75, 3.05) is 5.73 Å². The van der Waals surface area contributed by atoms with Gasteiger partial charge in [0.15, 0.2) is 0 Å². The van der Waals surface area contributed by atoms with Crippen molar-refractivity contribution in [3.8, 4) is 22.6 Å². The van der Waals surface area contributed by atoms with Crippen molar-refractivity contribution >= 4 is 17.8 Å². The van der Waals surface area contributed by atoms with Crippen molar-refractivity contribution in [1.82, 2.24) is 4.98 Å². The number of aromatic amines is 1. The fourth-order valence-electron chi connectivity index (χ4n) is 2.38. The van der Waals surface area contributed by atoms with Crippen LogP contribution in [0.3, 0.4) is 0 Å². The lowest BCUT2D eigenvalue weighted by atomic mass is 9.94. The van der Waals surface area contributed by atoms with Crippen LogP contribution >= 0.6 is 0 Å². The number of ether oxygens (including phenoxy) is 1. The van der Waals surface area contributed by atoms with Crippen LogP contribution in [0, 0.1) is 0 Å². The van der Waals surface area contributed by atoms with Crippen LogP contribution in [0.5, 0.6) is 11.5 Å². The quantitative estimate of drug-likeness (QED) is 0.543. The number of hydrogen-bond donors (Lipinski definition) is 5. The molecular formula is C16H16N2O7. The second-order valence-corrected chi connectivity index (χ2v) is 5.45. The molecule has 1 aromatic carbocycles. The van der Waals surface area contributed by atoms with E-state index in [0.717, 1.165) is 0 Å². The average molecular weight is 348 g/mol. The van der Waals surface area contributed by atoms with Crippen molar-refractivity contribution in [3.05, 3.63) is 39.7 Å². The number of carboxylic acids is 2. The minimum atomic E-state index is -1.65. The molecule has 132 valence electrons. The summed E-state index contributed by atoms with van der Waals surface area (Å²) < 4.78 is 5.40. The first-order valence-electron chi connectivity index (χ1n) is 7.15. The molecule has 0 bridgehead atoms. The summed E-state index contributed by atoms with van der Waals surface area (Å²) in [6.45, 7) is 3.54. The predicted octanol–water partition coefficient (Wildman–Crippen LogP) is 1.51. The van der Waals surface area contributed by atoms with E-state index in [0.29, 0.717) is 5.75 Å². The molecule has 9 heteroatoms. The first kappa shape index (κ1) is 17.9. The number of rotatable bonds is 5. The lowest BCUT2D eigenvalue weighted by Gasteiger charge is -2.15. The lowest BCUT2D eigenvalue weighted by molar-refractivity contribution is 0.0695. The van der Waals surface area contributed by atoms with Gasteiger partial charge < -0.3 is 30.8 Å². The molecule has 0 unspecified atom stereocenters. The van der Waals surface area contributed by atoms with Crippen molar-refractivity contribution in [2.45, 2.75) is 20.0 Å². The number of hydrogen-bond acceptors (Lipinski definition) is 6. The highest BCUT2D eigenvalue weighted by molar-refractivity contribution is 6.08. The van der Waals surface area contributed by atoms with Crippen molar-refractivity contribution in [2.24, 2.45) is 0 Å². The zero-order valence-corrected chi connectivity index (χ0v) is 13.4. The molecule has 0 fully saturated rings. The number of aromatic carboxylic acids is 2. The highest BCUT2D eigenvalue weighted by Crippen LogP contribution is 2.37. The Morgan fingerprint density at radius 2 is 1.76 bits per heavy atom. The number of nitrogen functional groups attached to an aromatic ring is 1. The van der Waals surface area contributed by atoms with Crippen LogP contribution < -0.4 is 16.0 Å². The molecule has 1 heterocycles. The summed E-state index contributed by atoms with van der Waals surface area (Å²) in [4.78, 5) is 36.9. The predicted molar refractivity (Wildman–Crippen MR) is 88.3 cm³/mol. The molecule has 0 amide bonds. The number of nitrogens with two attached hydrogens (primary N) is 1. The first-order valence-corrected chi connectivity index (χ1v) is 7.15. The van der Waals surface area contributed by atoms with Crippen LogP contribution in [-0.2, 0) is 0 Å². The molecule has 0 saturated carbocycles. The minimum absolute atomic E-state index is 0.163. The third-order valence-corrected chi connectivity index (χ3v) is 3.28. The number of pyridine rings is 1. The molecule has 0 atom stereocenters. The van der Waals surface area contributed by atoms with E-state index >= 15 is 0 Å². The molecule has 0 aliphatic carbocycles. The van der Waals surface area contributed by atoms with Gasteiger partial charge in [-0.2, -0.15) is 0 Å². The highest BCUT2D eigenvalue weighted by Gasteiger charge is 2.28. The van der Waals surface area contributed by atoms with Gasteiger partial charge in [0.25, 0.3) is 5.56 Å². The number of benzene rings is 1. The van der Waals surface area contributed by atoms with Crippen LogP contribution in [0.15, 0.2) is 23.0 Å².